The van der Waals surface area contributed by atoms with Gasteiger partial charge >= 0.3 is 6.16 Å². The SMILES string of the molecule is O=C(O)O.O=c1ccc2ccc(OCCCCN3CCN(c4cccc5sccc45)CC3)cc2[nH]1. The highest BCUT2D eigenvalue weighted by atomic mass is 32.1. The molecule has 0 bridgehead atoms. The molecule has 0 radical (unpaired) electrons. The number of thiophene rings is 1. The van der Waals surface area contributed by atoms with Crippen molar-refractivity contribution in [2.24, 2.45) is 0 Å². The molecule has 35 heavy (non-hydrogen) atoms. The number of nitrogens with zero attached hydrogens (tertiary/aromatic N) is 2. The highest BCUT2D eigenvalue weighted by Gasteiger charge is 2.18. The number of pyridine rings is 1. The molecule has 1 fully saturated rings. The Morgan fingerprint density at radius 2 is 1.77 bits per heavy atom. The summed E-state index contributed by atoms with van der Waals surface area (Å²) in [5.74, 6) is 0.811. The molecule has 0 aliphatic carbocycles. The summed E-state index contributed by atoms with van der Waals surface area (Å²) in [6.07, 6.45) is 0.322. The summed E-state index contributed by atoms with van der Waals surface area (Å²) in [4.78, 5) is 28.0. The summed E-state index contributed by atoms with van der Waals surface area (Å²) in [6.45, 7) is 6.20. The molecule has 0 unspecified atom stereocenters. The Morgan fingerprint density at radius 1 is 1.00 bits per heavy atom. The first-order valence-electron chi connectivity index (χ1n) is 11.6. The van der Waals surface area contributed by atoms with Crippen LogP contribution in [0.25, 0.3) is 21.0 Å². The fraction of sp³-hybridized carbons (Fsp3) is 0.308. The van der Waals surface area contributed by atoms with Crippen LogP contribution in [0.2, 0.25) is 0 Å². The van der Waals surface area contributed by atoms with E-state index in [1.807, 2.05) is 35.6 Å². The first-order chi connectivity index (χ1) is 17.0. The van der Waals surface area contributed by atoms with Gasteiger partial charge in [0.25, 0.3) is 0 Å². The second-order valence-electron chi connectivity index (χ2n) is 8.35. The first-order valence-corrected chi connectivity index (χ1v) is 12.5. The lowest BCUT2D eigenvalue weighted by molar-refractivity contribution is 0.137. The van der Waals surface area contributed by atoms with Crippen LogP contribution in [0.3, 0.4) is 0 Å². The molecule has 0 saturated carbocycles. The lowest BCUT2D eigenvalue weighted by Crippen LogP contribution is -2.46. The van der Waals surface area contributed by atoms with Crippen LogP contribution in [-0.4, -0.2) is 65.6 Å². The second-order valence-corrected chi connectivity index (χ2v) is 9.30. The highest BCUT2D eigenvalue weighted by molar-refractivity contribution is 7.17. The van der Waals surface area contributed by atoms with Gasteiger partial charge in [0.15, 0.2) is 0 Å². The molecule has 0 amide bonds. The molecule has 2 aromatic heterocycles. The maximum absolute atomic E-state index is 11.5. The van der Waals surface area contributed by atoms with Gasteiger partial charge in [-0.05, 0) is 66.6 Å². The van der Waals surface area contributed by atoms with E-state index in [0.717, 1.165) is 62.2 Å². The quantitative estimate of drug-likeness (QED) is 0.312. The van der Waals surface area contributed by atoms with Crippen LogP contribution in [-0.2, 0) is 0 Å². The topological polar surface area (TPSA) is 106 Å². The van der Waals surface area contributed by atoms with Crippen LogP contribution in [0, 0.1) is 0 Å². The van der Waals surface area contributed by atoms with Crippen molar-refractivity contribution in [3.05, 3.63) is 70.3 Å². The van der Waals surface area contributed by atoms with Crippen LogP contribution in [0.5, 0.6) is 5.75 Å². The number of aromatic nitrogens is 1. The number of piperazine rings is 1. The third-order valence-electron chi connectivity index (χ3n) is 6.02. The van der Waals surface area contributed by atoms with Crippen molar-refractivity contribution in [1.82, 2.24) is 9.88 Å². The minimum Gasteiger partial charge on any atom is -0.494 e. The third-order valence-corrected chi connectivity index (χ3v) is 6.90. The van der Waals surface area contributed by atoms with E-state index in [9.17, 15) is 4.79 Å². The molecule has 1 aliphatic heterocycles. The maximum Gasteiger partial charge on any atom is 0.503 e. The van der Waals surface area contributed by atoms with Gasteiger partial charge in [-0.3, -0.25) is 9.69 Å². The van der Waals surface area contributed by atoms with Gasteiger partial charge in [-0.2, -0.15) is 0 Å². The van der Waals surface area contributed by atoms with E-state index in [2.05, 4.69) is 44.4 Å². The monoisotopic (exact) mass is 495 g/mol. The van der Waals surface area contributed by atoms with E-state index in [0.29, 0.717) is 6.61 Å². The van der Waals surface area contributed by atoms with E-state index < -0.39 is 6.16 Å². The van der Waals surface area contributed by atoms with Crippen molar-refractivity contribution in [3.63, 3.8) is 0 Å². The lowest BCUT2D eigenvalue weighted by Gasteiger charge is -2.36. The molecule has 3 N–H and O–H groups in total. The summed E-state index contributed by atoms with van der Waals surface area (Å²) in [7, 11) is 0. The van der Waals surface area contributed by atoms with E-state index in [-0.39, 0.29) is 5.56 Å². The van der Waals surface area contributed by atoms with E-state index in [1.54, 1.807) is 6.07 Å². The number of unbranched alkanes of at least 4 members (excludes halogenated alkanes) is 1. The Balaban J connectivity index is 0.000000672. The fourth-order valence-corrected chi connectivity index (χ4v) is 5.12. The molecule has 8 nitrogen and oxygen atoms in total. The van der Waals surface area contributed by atoms with Crippen molar-refractivity contribution in [2.75, 3.05) is 44.2 Å². The minimum atomic E-state index is -1.83. The Morgan fingerprint density at radius 3 is 2.57 bits per heavy atom. The molecule has 1 saturated heterocycles. The Bertz CT molecular complexity index is 1320. The molecule has 0 atom stereocenters. The molecule has 5 rings (SSSR count). The van der Waals surface area contributed by atoms with Crippen LogP contribution in [0.1, 0.15) is 12.8 Å². The zero-order valence-corrected chi connectivity index (χ0v) is 20.2. The van der Waals surface area contributed by atoms with Gasteiger partial charge in [-0.15, -0.1) is 11.3 Å². The first kappa shape index (κ1) is 24.6. The minimum absolute atomic E-state index is 0.0863. The zero-order chi connectivity index (χ0) is 24.6. The predicted molar refractivity (Wildman–Crippen MR) is 140 cm³/mol. The van der Waals surface area contributed by atoms with E-state index in [4.69, 9.17) is 19.7 Å². The van der Waals surface area contributed by atoms with Crippen molar-refractivity contribution < 1.29 is 19.7 Å². The van der Waals surface area contributed by atoms with Crippen LogP contribution >= 0.6 is 11.3 Å². The number of rotatable bonds is 7. The van der Waals surface area contributed by atoms with Gasteiger partial charge in [0, 0.05) is 54.1 Å². The number of hydrogen-bond acceptors (Lipinski definition) is 6. The number of carboxylic acid groups (broad SMARTS) is 2. The van der Waals surface area contributed by atoms with Crippen LogP contribution in [0.15, 0.2) is 64.8 Å². The number of H-pyrrole nitrogens is 1. The Hall–Kier alpha value is -3.56. The van der Waals surface area contributed by atoms with Gasteiger partial charge in [-0.25, -0.2) is 4.79 Å². The molecular weight excluding hydrogens is 466 g/mol. The molecule has 2 aromatic carbocycles. The third kappa shape index (κ3) is 6.74. The number of benzene rings is 2. The predicted octanol–water partition coefficient (Wildman–Crippen LogP) is 4.95. The van der Waals surface area contributed by atoms with E-state index >= 15 is 0 Å². The molecule has 3 heterocycles. The molecule has 4 aromatic rings. The number of fused-ring (bicyclic) bond motifs is 2. The molecule has 9 heteroatoms. The molecule has 0 spiro atoms. The number of carbonyl (C=O) groups is 1. The van der Waals surface area contributed by atoms with Crippen molar-refractivity contribution >= 4 is 44.2 Å². The summed E-state index contributed by atoms with van der Waals surface area (Å²) < 4.78 is 7.28. The highest BCUT2D eigenvalue weighted by Crippen LogP contribution is 2.31. The van der Waals surface area contributed by atoms with Gasteiger partial charge in [0.1, 0.15) is 5.75 Å². The Labute approximate surface area is 207 Å². The normalized spacial score (nSPS) is 14.0. The second kappa shape index (κ2) is 11.7. The van der Waals surface area contributed by atoms with Gasteiger partial charge < -0.3 is 24.8 Å². The lowest BCUT2D eigenvalue weighted by atomic mass is 10.2. The smallest absolute Gasteiger partial charge is 0.494 e. The maximum atomic E-state index is 11.5. The van der Waals surface area contributed by atoms with Gasteiger partial charge in [-0.1, -0.05) is 6.07 Å². The Kier molecular flexibility index (Phi) is 8.23. The summed E-state index contributed by atoms with van der Waals surface area (Å²) in [5.41, 5.74) is 2.11. The summed E-state index contributed by atoms with van der Waals surface area (Å²) in [6, 6.07) is 18.1. The molecule has 184 valence electrons. The molecular formula is C26H29N3O5S. The summed E-state index contributed by atoms with van der Waals surface area (Å²) in [5, 5.41) is 18.5. The van der Waals surface area contributed by atoms with Crippen molar-refractivity contribution in [3.8, 4) is 5.75 Å². The standard InChI is InChI=1S/C25H27N3O2S.CH2O3/c29-25-9-7-19-6-8-20(18-22(19)26-25)30-16-2-1-11-27-12-14-28(15-13-27)23-4-3-5-24-21(23)10-17-31-24;2-1(3)4/h3-10,17-18H,1-2,11-16H2,(H,26,29);(H2,2,3,4). The number of aromatic amines is 1. The van der Waals surface area contributed by atoms with Gasteiger partial charge in [0.2, 0.25) is 5.56 Å². The number of nitrogens with one attached hydrogen (secondary N) is 1. The number of anilines is 1. The van der Waals surface area contributed by atoms with Crippen LogP contribution in [0.4, 0.5) is 10.5 Å². The average Bonchev–Trinajstić information content (AvgIpc) is 3.33. The number of ether oxygens (including phenoxy) is 1. The number of hydrogen-bond donors (Lipinski definition) is 3. The molecule has 1 aliphatic rings. The van der Waals surface area contributed by atoms with Gasteiger partial charge in [0.05, 0.1) is 12.1 Å². The van der Waals surface area contributed by atoms with Crippen LogP contribution < -0.4 is 15.2 Å². The zero-order valence-electron chi connectivity index (χ0n) is 19.4. The van der Waals surface area contributed by atoms with E-state index in [1.165, 1.54) is 15.8 Å². The average molecular weight is 496 g/mol. The van der Waals surface area contributed by atoms with Crippen molar-refractivity contribution in [1.29, 1.82) is 0 Å². The largest absolute Gasteiger partial charge is 0.503 e. The summed E-state index contributed by atoms with van der Waals surface area (Å²) >= 11 is 1.82. The van der Waals surface area contributed by atoms with Crippen molar-refractivity contribution in [2.45, 2.75) is 12.8 Å². The fourth-order valence-electron chi connectivity index (χ4n) is 4.31.